The molecule has 1 aliphatic heterocycles. The van der Waals surface area contributed by atoms with Crippen LogP contribution in [0.15, 0.2) is 12.4 Å². The molecule has 1 fully saturated rings. The van der Waals surface area contributed by atoms with Crippen LogP contribution in [-0.2, 0) is 23.3 Å². The van der Waals surface area contributed by atoms with E-state index in [-0.39, 0.29) is 12.0 Å². The third-order valence-electron chi connectivity index (χ3n) is 3.52. The molecule has 1 aromatic rings. The first-order valence-corrected chi connectivity index (χ1v) is 8.20. The lowest BCUT2D eigenvalue weighted by Gasteiger charge is -2.14. The van der Waals surface area contributed by atoms with Gasteiger partial charge in [0.2, 0.25) is 0 Å². The van der Waals surface area contributed by atoms with Gasteiger partial charge in [-0.1, -0.05) is 0 Å². The second kappa shape index (κ2) is 5.40. The Kier molecular flexibility index (Phi) is 4.07. The lowest BCUT2D eigenvalue weighted by molar-refractivity contribution is 0.452. The van der Waals surface area contributed by atoms with Crippen LogP contribution in [0.2, 0.25) is 0 Å². The van der Waals surface area contributed by atoms with Crippen molar-refractivity contribution in [2.24, 2.45) is 18.7 Å². The van der Waals surface area contributed by atoms with Gasteiger partial charge in [-0.2, -0.15) is 5.10 Å². The lowest BCUT2D eigenvalue weighted by Crippen LogP contribution is -2.24. The van der Waals surface area contributed by atoms with Crippen LogP contribution in [0.5, 0.6) is 0 Å². The third kappa shape index (κ3) is 3.81. The summed E-state index contributed by atoms with van der Waals surface area (Å²) in [5.74, 6) is 0.930. The molecule has 0 spiro atoms. The van der Waals surface area contributed by atoms with E-state index in [0.29, 0.717) is 11.5 Å². The molecule has 0 amide bonds. The molecule has 1 saturated heterocycles. The Hall–Kier alpha value is -0.880. The van der Waals surface area contributed by atoms with Gasteiger partial charge >= 0.3 is 0 Å². The van der Waals surface area contributed by atoms with Gasteiger partial charge in [-0.15, -0.1) is 0 Å². The summed E-state index contributed by atoms with van der Waals surface area (Å²) in [5, 5.41) is 4.11. The number of aromatic nitrogens is 2. The molecule has 1 aliphatic rings. The van der Waals surface area contributed by atoms with Crippen molar-refractivity contribution >= 4 is 9.84 Å². The zero-order valence-corrected chi connectivity index (χ0v) is 11.6. The van der Waals surface area contributed by atoms with Crippen LogP contribution >= 0.6 is 0 Å². The molecule has 2 atom stereocenters. The molecule has 2 heterocycles. The van der Waals surface area contributed by atoms with Crippen LogP contribution in [0, 0.1) is 5.92 Å². The van der Waals surface area contributed by atoms with E-state index in [1.54, 1.807) is 4.68 Å². The highest BCUT2D eigenvalue weighted by Crippen LogP contribution is 2.23. The van der Waals surface area contributed by atoms with Gasteiger partial charge in [0.05, 0.1) is 17.7 Å². The van der Waals surface area contributed by atoms with Gasteiger partial charge in [0.25, 0.3) is 0 Å². The van der Waals surface area contributed by atoms with Gasteiger partial charge in [0.1, 0.15) is 0 Å². The van der Waals surface area contributed by atoms with Crippen molar-refractivity contribution in [2.45, 2.75) is 31.7 Å². The number of hydrogen-bond acceptors (Lipinski definition) is 4. The van der Waals surface area contributed by atoms with Crippen LogP contribution in [0.25, 0.3) is 0 Å². The molecule has 18 heavy (non-hydrogen) atoms. The average molecular weight is 271 g/mol. The van der Waals surface area contributed by atoms with Crippen molar-refractivity contribution in [3.8, 4) is 0 Å². The molecule has 0 aromatic carbocycles. The predicted octanol–water partition coefficient (Wildman–Crippen LogP) is 0.505. The fourth-order valence-electron chi connectivity index (χ4n) is 2.56. The molecule has 0 radical (unpaired) electrons. The summed E-state index contributed by atoms with van der Waals surface area (Å²) < 4.78 is 24.5. The first kappa shape index (κ1) is 13.5. The second-order valence-corrected chi connectivity index (χ2v) is 7.55. The first-order chi connectivity index (χ1) is 8.44. The molecule has 0 saturated carbocycles. The molecule has 6 heteroatoms. The highest BCUT2D eigenvalue weighted by Gasteiger charge is 2.28. The zero-order chi connectivity index (χ0) is 13.2. The molecule has 2 N–H and O–H groups in total. The maximum atomic E-state index is 11.4. The van der Waals surface area contributed by atoms with Crippen molar-refractivity contribution in [2.75, 3.05) is 11.5 Å². The highest BCUT2D eigenvalue weighted by atomic mass is 32.2. The van der Waals surface area contributed by atoms with E-state index < -0.39 is 9.84 Å². The van der Waals surface area contributed by atoms with Gasteiger partial charge < -0.3 is 5.73 Å². The molecule has 0 bridgehead atoms. The number of sulfone groups is 1. The number of rotatable bonds is 5. The summed E-state index contributed by atoms with van der Waals surface area (Å²) in [6, 6.07) is 0.0866. The van der Waals surface area contributed by atoms with Crippen molar-refractivity contribution < 1.29 is 8.42 Å². The van der Waals surface area contributed by atoms with E-state index in [1.807, 2.05) is 19.4 Å². The molecule has 102 valence electrons. The molecule has 1 aromatic heterocycles. The molecule has 5 nitrogen and oxygen atoms in total. The number of nitrogens with two attached hydrogens (primary N) is 1. The van der Waals surface area contributed by atoms with Crippen LogP contribution < -0.4 is 5.73 Å². The minimum Gasteiger partial charge on any atom is -0.328 e. The standard InChI is InChI=1S/C12H21N3O2S/c1-15-8-11(7-14-15)2-3-12(13)6-10-4-5-18(16,17)9-10/h7-8,10,12H,2-6,9,13H2,1H3. The van der Waals surface area contributed by atoms with Gasteiger partial charge in [0, 0.05) is 19.3 Å². The number of nitrogens with zero attached hydrogens (tertiary/aromatic N) is 2. The first-order valence-electron chi connectivity index (χ1n) is 6.38. The van der Waals surface area contributed by atoms with Crippen LogP contribution in [0.4, 0.5) is 0 Å². The average Bonchev–Trinajstić information content (AvgIpc) is 2.82. The van der Waals surface area contributed by atoms with Crippen molar-refractivity contribution in [1.82, 2.24) is 9.78 Å². The Morgan fingerprint density at radius 2 is 2.39 bits per heavy atom. The van der Waals surface area contributed by atoms with Crippen molar-refractivity contribution in [1.29, 1.82) is 0 Å². The summed E-state index contributed by atoms with van der Waals surface area (Å²) in [6.07, 6.45) is 7.25. The fourth-order valence-corrected chi connectivity index (χ4v) is 4.44. The Labute approximate surface area is 108 Å². The quantitative estimate of drug-likeness (QED) is 0.846. The Morgan fingerprint density at radius 3 is 2.94 bits per heavy atom. The van der Waals surface area contributed by atoms with Crippen molar-refractivity contribution in [3.05, 3.63) is 18.0 Å². The van der Waals surface area contributed by atoms with E-state index in [0.717, 1.165) is 25.7 Å². The normalized spacial score (nSPS) is 24.2. The topological polar surface area (TPSA) is 78.0 Å². The third-order valence-corrected chi connectivity index (χ3v) is 5.36. The van der Waals surface area contributed by atoms with E-state index >= 15 is 0 Å². The minimum atomic E-state index is -2.77. The van der Waals surface area contributed by atoms with Crippen molar-refractivity contribution in [3.63, 3.8) is 0 Å². The van der Waals surface area contributed by atoms with Crippen LogP contribution in [-0.4, -0.2) is 35.7 Å². The maximum Gasteiger partial charge on any atom is 0.150 e. The largest absolute Gasteiger partial charge is 0.328 e. The SMILES string of the molecule is Cn1cc(CCC(N)CC2CCS(=O)(=O)C2)cn1. The summed E-state index contributed by atoms with van der Waals surface area (Å²) in [7, 11) is -0.878. The number of hydrogen-bond donors (Lipinski definition) is 1. The zero-order valence-electron chi connectivity index (χ0n) is 10.7. The maximum absolute atomic E-state index is 11.4. The molecule has 2 rings (SSSR count). The summed E-state index contributed by atoms with van der Waals surface area (Å²) in [5.41, 5.74) is 7.26. The Balaban J connectivity index is 1.74. The molecular weight excluding hydrogens is 250 g/mol. The Morgan fingerprint density at radius 1 is 1.61 bits per heavy atom. The fraction of sp³-hybridized carbons (Fsp3) is 0.750. The minimum absolute atomic E-state index is 0.0866. The van der Waals surface area contributed by atoms with E-state index in [9.17, 15) is 8.42 Å². The summed E-state index contributed by atoms with van der Waals surface area (Å²) in [6.45, 7) is 0. The van der Waals surface area contributed by atoms with E-state index in [1.165, 1.54) is 5.56 Å². The summed E-state index contributed by atoms with van der Waals surface area (Å²) >= 11 is 0. The van der Waals surface area contributed by atoms with Gasteiger partial charge in [-0.25, -0.2) is 8.42 Å². The van der Waals surface area contributed by atoms with Gasteiger partial charge in [-0.05, 0) is 37.2 Å². The molecular formula is C12H21N3O2S. The Bertz CT molecular complexity index is 495. The predicted molar refractivity (Wildman–Crippen MR) is 70.9 cm³/mol. The molecule has 0 aliphatic carbocycles. The van der Waals surface area contributed by atoms with Gasteiger partial charge in [-0.3, -0.25) is 4.68 Å². The number of aryl methyl sites for hydroxylation is 2. The second-order valence-electron chi connectivity index (χ2n) is 5.33. The monoisotopic (exact) mass is 271 g/mol. The molecule has 2 unspecified atom stereocenters. The van der Waals surface area contributed by atoms with Gasteiger partial charge in [0.15, 0.2) is 9.84 Å². The summed E-state index contributed by atoms with van der Waals surface area (Å²) in [4.78, 5) is 0. The lowest BCUT2D eigenvalue weighted by atomic mass is 9.96. The van der Waals surface area contributed by atoms with Crippen LogP contribution in [0.1, 0.15) is 24.8 Å². The smallest absolute Gasteiger partial charge is 0.150 e. The van der Waals surface area contributed by atoms with E-state index in [2.05, 4.69) is 5.10 Å². The van der Waals surface area contributed by atoms with E-state index in [4.69, 9.17) is 5.73 Å². The van der Waals surface area contributed by atoms with Crippen LogP contribution in [0.3, 0.4) is 0 Å². The highest BCUT2D eigenvalue weighted by molar-refractivity contribution is 7.91.